The number of pyridine rings is 1. The summed E-state index contributed by atoms with van der Waals surface area (Å²) in [7, 11) is 0. The van der Waals surface area contributed by atoms with Crippen LogP contribution in [0.25, 0.3) is 0 Å². The Kier molecular flexibility index (Phi) is 9.88. The van der Waals surface area contributed by atoms with Gasteiger partial charge in [-0.15, -0.1) is 24.0 Å². The molecule has 1 fully saturated rings. The summed E-state index contributed by atoms with van der Waals surface area (Å²) >= 11 is 0. The first-order chi connectivity index (χ1) is 13.3. The molecule has 0 unspecified atom stereocenters. The average molecular weight is 496 g/mol. The number of guanidine groups is 1. The quantitative estimate of drug-likeness (QED) is 0.261. The van der Waals surface area contributed by atoms with Crippen LogP contribution in [0, 0.1) is 0 Å². The monoisotopic (exact) mass is 496 g/mol. The van der Waals surface area contributed by atoms with Crippen LogP contribution in [0.2, 0.25) is 0 Å². The van der Waals surface area contributed by atoms with Crippen molar-refractivity contribution in [1.29, 1.82) is 0 Å². The Balaban J connectivity index is 0.00000280. The molecule has 2 aromatic rings. The number of para-hydroxylation sites is 1. The Hall–Kier alpha value is -2.03. The summed E-state index contributed by atoms with van der Waals surface area (Å²) in [4.78, 5) is 11.4. The molecule has 152 valence electrons. The molecule has 1 aliphatic rings. The standard InChI is InChI=1S/C21H28N4O2.HI/c1-2-22-21(25-12-6-7-13-25)24-17-18-10-11-20(23-16-18)27-15-14-26-19-8-4-3-5-9-19;/h3-5,8-11,16H,2,6-7,12-15,17H2,1H3,(H,22,24);1H. The van der Waals surface area contributed by atoms with Crippen molar-refractivity contribution in [3.05, 3.63) is 54.2 Å². The minimum absolute atomic E-state index is 0. The summed E-state index contributed by atoms with van der Waals surface area (Å²) in [5.74, 6) is 2.44. The molecule has 0 bridgehead atoms. The van der Waals surface area contributed by atoms with Crippen molar-refractivity contribution >= 4 is 29.9 Å². The largest absolute Gasteiger partial charge is 0.490 e. The molecule has 7 heteroatoms. The molecule has 1 aromatic carbocycles. The first-order valence-electron chi connectivity index (χ1n) is 9.64. The van der Waals surface area contributed by atoms with Gasteiger partial charge in [0.1, 0.15) is 19.0 Å². The van der Waals surface area contributed by atoms with Crippen LogP contribution in [-0.4, -0.2) is 48.7 Å². The van der Waals surface area contributed by atoms with E-state index in [1.165, 1.54) is 12.8 Å². The number of ether oxygens (including phenoxy) is 2. The van der Waals surface area contributed by atoms with Gasteiger partial charge in [0.25, 0.3) is 0 Å². The second-order valence-corrected chi connectivity index (χ2v) is 6.38. The van der Waals surface area contributed by atoms with Gasteiger partial charge in [-0.1, -0.05) is 24.3 Å². The average Bonchev–Trinajstić information content (AvgIpc) is 3.25. The first kappa shape index (κ1) is 22.3. The van der Waals surface area contributed by atoms with Crippen LogP contribution in [0.15, 0.2) is 53.7 Å². The lowest BCUT2D eigenvalue weighted by Crippen LogP contribution is -2.39. The van der Waals surface area contributed by atoms with E-state index in [9.17, 15) is 0 Å². The van der Waals surface area contributed by atoms with Gasteiger partial charge in [-0.25, -0.2) is 9.98 Å². The molecule has 28 heavy (non-hydrogen) atoms. The van der Waals surface area contributed by atoms with E-state index in [0.29, 0.717) is 25.6 Å². The number of aromatic nitrogens is 1. The molecule has 1 saturated heterocycles. The molecule has 1 N–H and O–H groups in total. The molecule has 0 amide bonds. The third-order valence-electron chi connectivity index (χ3n) is 4.29. The Morgan fingerprint density at radius 2 is 1.82 bits per heavy atom. The predicted octanol–water partition coefficient (Wildman–Crippen LogP) is 3.72. The number of halogens is 1. The molecule has 2 heterocycles. The fourth-order valence-corrected chi connectivity index (χ4v) is 2.93. The van der Waals surface area contributed by atoms with Gasteiger partial charge in [-0.3, -0.25) is 0 Å². The van der Waals surface area contributed by atoms with Crippen LogP contribution >= 0.6 is 24.0 Å². The van der Waals surface area contributed by atoms with Crippen molar-refractivity contribution in [3.8, 4) is 11.6 Å². The van der Waals surface area contributed by atoms with Gasteiger partial charge in [0.2, 0.25) is 5.88 Å². The lowest BCUT2D eigenvalue weighted by molar-refractivity contribution is 0.212. The summed E-state index contributed by atoms with van der Waals surface area (Å²) < 4.78 is 11.2. The minimum atomic E-state index is 0. The molecular weight excluding hydrogens is 467 g/mol. The van der Waals surface area contributed by atoms with Crippen molar-refractivity contribution in [2.75, 3.05) is 32.8 Å². The Labute approximate surface area is 184 Å². The highest BCUT2D eigenvalue weighted by molar-refractivity contribution is 14.0. The molecule has 0 radical (unpaired) electrons. The molecule has 0 aliphatic carbocycles. The van der Waals surface area contributed by atoms with Crippen LogP contribution < -0.4 is 14.8 Å². The van der Waals surface area contributed by atoms with Crippen LogP contribution in [0.3, 0.4) is 0 Å². The molecule has 0 spiro atoms. The van der Waals surface area contributed by atoms with E-state index in [-0.39, 0.29) is 24.0 Å². The summed E-state index contributed by atoms with van der Waals surface area (Å²) in [6.45, 7) is 6.71. The van der Waals surface area contributed by atoms with E-state index in [4.69, 9.17) is 14.5 Å². The summed E-state index contributed by atoms with van der Waals surface area (Å²) in [6.07, 6.45) is 4.31. The number of nitrogens with one attached hydrogen (secondary N) is 1. The zero-order chi connectivity index (χ0) is 18.7. The normalized spacial score (nSPS) is 13.8. The third-order valence-corrected chi connectivity index (χ3v) is 4.29. The number of rotatable bonds is 8. The lowest BCUT2D eigenvalue weighted by Gasteiger charge is -2.20. The number of aliphatic imine (C=N–C) groups is 1. The van der Waals surface area contributed by atoms with E-state index in [2.05, 4.69) is 22.1 Å². The molecule has 1 aromatic heterocycles. The van der Waals surface area contributed by atoms with Gasteiger partial charge >= 0.3 is 0 Å². The van der Waals surface area contributed by atoms with Crippen LogP contribution in [-0.2, 0) is 6.54 Å². The summed E-state index contributed by atoms with van der Waals surface area (Å²) in [6, 6.07) is 13.6. The summed E-state index contributed by atoms with van der Waals surface area (Å²) in [5.41, 5.74) is 1.07. The van der Waals surface area contributed by atoms with E-state index in [0.717, 1.165) is 36.9 Å². The molecule has 3 rings (SSSR count). The van der Waals surface area contributed by atoms with E-state index in [1.54, 1.807) is 0 Å². The van der Waals surface area contributed by atoms with Gasteiger partial charge in [0.05, 0.1) is 6.54 Å². The Morgan fingerprint density at radius 3 is 2.50 bits per heavy atom. The second-order valence-electron chi connectivity index (χ2n) is 6.38. The molecule has 0 saturated carbocycles. The van der Waals surface area contributed by atoms with Gasteiger partial charge in [-0.05, 0) is 37.5 Å². The third kappa shape index (κ3) is 7.18. The van der Waals surface area contributed by atoms with Crippen molar-refractivity contribution in [1.82, 2.24) is 15.2 Å². The van der Waals surface area contributed by atoms with Gasteiger partial charge < -0.3 is 19.7 Å². The van der Waals surface area contributed by atoms with E-state index in [1.807, 2.05) is 48.7 Å². The van der Waals surface area contributed by atoms with Crippen molar-refractivity contribution in [3.63, 3.8) is 0 Å². The van der Waals surface area contributed by atoms with E-state index < -0.39 is 0 Å². The summed E-state index contributed by atoms with van der Waals surface area (Å²) in [5, 5.41) is 3.37. The van der Waals surface area contributed by atoms with Crippen molar-refractivity contribution < 1.29 is 9.47 Å². The first-order valence-corrected chi connectivity index (χ1v) is 9.64. The molecule has 0 atom stereocenters. The van der Waals surface area contributed by atoms with E-state index >= 15 is 0 Å². The maximum Gasteiger partial charge on any atom is 0.213 e. The topological polar surface area (TPSA) is 59.0 Å². The van der Waals surface area contributed by atoms with Crippen LogP contribution in [0.4, 0.5) is 0 Å². The maximum absolute atomic E-state index is 5.64. The highest BCUT2D eigenvalue weighted by Gasteiger charge is 2.15. The highest BCUT2D eigenvalue weighted by atomic mass is 127. The molecular formula is C21H29IN4O2. The SMILES string of the molecule is CCNC(=NCc1ccc(OCCOc2ccccc2)nc1)N1CCCC1.I. The lowest BCUT2D eigenvalue weighted by atomic mass is 10.3. The number of likely N-dealkylation sites (tertiary alicyclic amines) is 1. The molecule has 6 nitrogen and oxygen atoms in total. The number of nitrogens with zero attached hydrogens (tertiary/aromatic N) is 3. The van der Waals surface area contributed by atoms with Crippen molar-refractivity contribution in [2.45, 2.75) is 26.3 Å². The molecule has 1 aliphatic heterocycles. The maximum atomic E-state index is 5.64. The fraction of sp³-hybridized carbons (Fsp3) is 0.429. The smallest absolute Gasteiger partial charge is 0.213 e. The zero-order valence-electron chi connectivity index (χ0n) is 16.3. The van der Waals surface area contributed by atoms with Crippen LogP contribution in [0.1, 0.15) is 25.3 Å². The number of hydrogen-bond donors (Lipinski definition) is 1. The van der Waals surface area contributed by atoms with Crippen LogP contribution in [0.5, 0.6) is 11.6 Å². The van der Waals surface area contributed by atoms with Gasteiger partial charge in [0.15, 0.2) is 5.96 Å². The Morgan fingerprint density at radius 1 is 1.07 bits per heavy atom. The number of benzene rings is 1. The Bertz CT molecular complexity index is 704. The number of hydrogen-bond acceptors (Lipinski definition) is 4. The van der Waals surface area contributed by atoms with Crippen molar-refractivity contribution in [2.24, 2.45) is 4.99 Å². The van der Waals surface area contributed by atoms with Gasteiger partial charge in [0, 0.05) is 31.9 Å². The highest BCUT2D eigenvalue weighted by Crippen LogP contribution is 2.12. The fourth-order valence-electron chi connectivity index (χ4n) is 2.93. The predicted molar refractivity (Wildman–Crippen MR) is 123 cm³/mol. The zero-order valence-corrected chi connectivity index (χ0v) is 18.7. The minimum Gasteiger partial charge on any atom is -0.490 e. The second kappa shape index (κ2) is 12.4. The van der Waals surface area contributed by atoms with Gasteiger partial charge in [-0.2, -0.15) is 0 Å².